The zero-order chi connectivity index (χ0) is 18.5. The second-order valence-corrected chi connectivity index (χ2v) is 6.63. The highest BCUT2D eigenvalue weighted by Crippen LogP contribution is 2.32. The summed E-state index contributed by atoms with van der Waals surface area (Å²) in [5.74, 6) is -0.338. The Bertz CT molecular complexity index is 646. The lowest BCUT2D eigenvalue weighted by molar-refractivity contribution is -0.138. The molecule has 0 aliphatic heterocycles. The smallest absolute Gasteiger partial charge is 0.337 e. The van der Waals surface area contributed by atoms with E-state index >= 15 is 0 Å². The molecule has 25 heavy (non-hydrogen) atoms. The summed E-state index contributed by atoms with van der Waals surface area (Å²) in [4.78, 5) is 13.8. The Morgan fingerprint density at radius 2 is 1.92 bits per heavy atom. The van der Waals surface area contributed by atoms with Gasteiger partial charge in [-0.15, -0.1) is 0 Å². The first kappa shape index (κ1) is 19.3. The summed E-state index contributed by atoms with van der Waals surface area (Å²) in [6.45, 7) is -0.0573. The maximum Gasteiger partial charge on any atom is 0.416 e. The molecule has 1 aromatic carbocycles. The number of benzene rings is 1. The average Bonchev–Trinajstić information content (AvgIpc) is 2.55. The molecule has 0 bridgehead atoms. The van der Waals surface area contributed by atoms with Crippen LogP contribution in [0.3, 0.4) is 0 Å². The fraction of sp³-hybridized carbons (Fsp3) is 0.556. The van der Waals surface area contributed by atoms with Crippen LogP contribution in [0.25, 0.3) is 0 Å². The Hall–Kier alpha value is -2.07. The molecule has 1 saturated carbocycles. The van der Waals surface area contributed by atoms with Crippen LogP contribution in [0.15, 0.2) is 24.3 Å². The van der Waals surface area contributed by atoms with E-state index in [2.05, 4.69) is 11.4 Å². The van der Waals surface area contributed by atoms with E-state index in [0.717, 1.165) is 25.3 Å². The third kappa shape index (κ3) is 5.20. The lowest BCUT2D eigenvalue weighted by Gasteiger charge is -2.32. The van der Waals surface area contributed by atoms with Crippen molar-refractivity contribution in [1.29, 1.82) is 5.26 Å². The number of amides is 1. The Morgan fingerprint density at radius 1 is 1.28 bits per heavy atom. The number of hydrogen-bond acceptors (Lipinski definition) is 3. The van der Waals surface area contributed by atoms with Crippen molar-refractivity contribution in [1.82, 2.24) is 10.2 Å². The Morgan fingerprint density at radius 3 is 2.52 bits per heavy atom. The summed E-state index contributed by atoms with van der Waals surface area (Å²) in [5, 5.41) is 12.2. The van der Waals surface area contributed by atoms with Gasteiger partial charge in [0.2, 0.25) is 5.91 Å². The van der Waals surface area contributed by atoms with Crippen LogP contribution in [0.5, 0.6) is 0 Å². The maximum absolute atomic E-state index is 13.0. The van der Waals surface area contributed by atoms with Gasteiger partial charge in [-0.1, -0.05) is 37.5 Å². The molecule has 0 atom stereocenters. The molecular formula is C18H22F3N3O. The molecule has 1 aliphatic rings. The molecular weight excluding hydrogens is 331 g/mol. The van der Waals surface area contributed by atoms with Crippen LogP contribution in [0.2, 0.25) is 0 Å². The van der Waals surface area contributed by atoms with E-state index in [1.165, 1.54) is 17.0 Å². The van der Waals surface area contributed by atoms with Gasteiger partial charge in [-0.05, 0) is 31.5 Å². The fourth-order valence-electron chi connectivity index (χ4n) is 3.25. The van der Waals surface area contributed by atoms with Crippen LogP contribution in [-0.4, -0.2) is 29.9 Å². The molecule has 7 heteroatoms. The lowest BCUT2D eigenvalue weighted by Crippen LogP contribution is -2.51. The summed E-state index contributed by atoms with van der Waals surface area (Å²) >= 11 is 0. The molecule has 1 aliphatic carbocycles. The largest absolute Gasteiger partial charge is 0.416 e. The summed E-state index contributed by atoms with van der Waals surface area (Å²) in [5.41, 5.74) is -1.40. The van der Waals surface area contributed by atoms with Gasteiger partial charge >= 0.3 is 6.18 Å². The van der Waals surface area contributed by atoms with Crippen molar-refractivity contribution in [3.05, 3.63) is 35.4 Å². The number of nitrogens with one attached hydrogen (secondary N) is 1. The van der Waals surface area contributed by atoms with Gasteiger partial charge in [0, 0.05) is 6.54 Å². The molecule has 4 nitrogen and oxygen atoms in total. The van der Waals surface area contributed by atoms with E-state index in [9.17, 15) is 23.2 Å². The second kappa shape index (κ2) is 7.87. The third-order valence-electron chi connectivity index (χ3n) is 4.48. The van der Waals surface area contributed by atoms with Crippen molar-refractivity contribution in [3.63, 3.8) is 0 Å². The highest BCUT2D eigenvalue weighted by Gasteiger charge is 2.35. The minimum Gasteiger partial charge on any atom is -0.337 e. The highest BCUT2D eigenvalue weighted by molar-refractivity contribution is 5.79. The van der Waals surface area contributed by atoms with Gasteiger partial charge in [0.25, 0.3) is 0 Å². The monoisotopic (exact) mass is 353 g/mol. The number of likely N-dealkylation sites (N-methyl/N-ethyl adjacent to an activating group) is 1. The molecule has 0 unspecified atom stereocenters. The van der Waals surface area contributed by atoms with Crippen molar-refractivity contribution in [3.8, 4) is 6.07 Å². The van der Waals surface area contributed by atoms with Crippen LogP contribution < -0.4 is 5.32 Å². The van der Waals surface area contributed by atoms with Crippen LogP contribution in [0, 0.1) is 11.3 Å². The van der Waals surface area contributed by atoms with E-state index in [0.29, 0.717) is 12.8 Å². The summed E-state index contributed by atoms with van der Waals surface area (Å²) in [6, 6.07) is 7.54. The van der Waals surface area contributed by atoms with Gasteiger partial charge in [0.1, 0.15) is 5.54 Å². The summed E-state index contributed by atoms with van der Waals surface area (Å²) < 4.78 is 39.1. The SMILES string of the molecule is CN(CC(=O)NC1(C#N)CCCCC1)Cc1ccccc1C(F)(F)F. The van der Waals surface area contributed by atoms with Gasteiger partial charge in [0.05, 0.1) is 18.2 Å². The highest BCUT2D eigenvalue weighted by atomic mass is 19.4. The van der Waals surface area contributed by atoms with E-state index in [1.54, 1.807) is 13.1 Å². The second-order valence-electron chi connectivity index (χ2n) is 6.63. The minimum atomic E-state index is -4.42. The minimum absolute atomic E-state index is 0.00264. The molecule has 1 aromatic rings. The van der Waals surface area contributed by atoms with Gasteiger partial charge < -0.3 is 5.32 Å². The van der Waals surface area contributed by atoms with Gasteiger partial charge in [-0.3, -0.25) is 9.69 Å². The van der Waals surface area contributed by atoms with Crippen molar-refractivity contribution >= 4 is 5.91 Å². The summed E-state index contributed by atoms with van der Waals surface area (Å²) in [7, 11) is 1.59. The fourth-order valence-corrected chi connectivity index (χ4v) is 3.25. The quantitative estimate of drug-likeness (QED) is 0.882. The normalized spacial score (nSPS) is 17.1. The van der Waals surface area contributed by atoms with Gasteiger partial charge in [-0.2, -0.15) is 18.4 Å². The molecule has 0 saturated heterocycles. The van der Waals surface area contributed by atoms with E-state index < -0.39 is 17.3 Å². The average molecular weight is 353 g/mol. The van der Waals surface area contributed by atoms with Gasteiger partial charge in [0.15, 0.2) is 0 Å². The number of carbonyl (C=O) groups excluding carboxylic acids is 1. The zero-order valence-electron chi connectivity index (χ0n) is 14.2. The van der Waals surface area contributed by atoms with Crippen LogP contribution in [-0.2, 0) is 17.5 Å². The van der Waals surface area contributed by atoms with Gasteiger partial charge in [-0.25, -0.2) is 0 Å². The Balaban J connectivity index is 1.98. The Kier molecular flexibility index (Phi) is 6.07. The zero-order valence-corrected chi connectivity index (χ0v) is 14.2. The van der Waals surface area contributed by atoms with Crippen LogP contribution >= 0.6 is 0 Å². The van der Waals surface area contributed by atoms with Crippen molar-refractivity contribution in [2.75, 3.05) is 13.6 Å². The molecule has 1 fully saturated rings. The van der Waals surface area contributed by atoms with E-state index in [1.807, 2.05) is 0 Å². The molecule has 136 valence electrons. The molecule has 1 amide bonds. The molecule has 0 radical (unpaired) electrons. The Labute approximate surface area is 145 Å². The molecule has 0 aromatic heterocycles. The van der Waals surface area contributed by atoms with E-state index in [4.69, 9.17) is 0 Å². The standard InChI is InChI=1S/C18H22F3N3O/c1-24(11-14-7-3-4-8-15(14)18(19,20)21)12-16(25)23-17(13-22)9-5-2-6-10-17/h3-4,7-8H,2,5-6,9-12H2,1H3,(H,23,25). The molecule has 1 N–H and O–H groups in total. The van der Waals surface area contributed by atoms with Crippen molar-refractivity contribution in [2.24, 2.45) is 0 Å². The van der Waals surface area contributed by atoms with Crippen molar-refractivity contribution in [2.45, 2.75) is 50.4 Å². The number of carbonyl (C=O) groups is 1. The summed E-state index contributed by atoms with van der Waals surface area (Å²) in [6.07, 6.45) is -0.350. The molecule has 2 rings (SSSR count). The number of alkyl halides is 3. The predicted molar refractivity (Wildman–Crippen MR) is 87.3 cm³/mol. The first-order valence-electron chi connectivity index (χ1n) is 8.32. The molecule has 0 spiro atoms. The topological polar surface area (TPSA) is 56.1 Å². The third-order valence-corrected chi connectivity index (χ3v) is 4.48. The molecule has 0 heterocycles. The number of nitrogens with zero attached hydrogens (tertiary/aromatic N) is 2. The maximum atomic E-state index is 13.0. The number of hydrogen-bond donors (Lipinski definition) is 1. The first-order chi connectivity index (χ1) is 11.8. The predicted octanol–water partition coefficient (Wildman–Crippen LogP) is 3.48. The number of nitriles is 1. The van der Waals surface area contributed by atoms with E-state index in [-0.39, 0.29) is 24.6 Å². The van der Waals surface area contributed by atoms with Crippen molar-refractivity contribution < 1.29 is 18.0 Å². The number of halogens is 3. The lowest BCUT2D eigenvalue weighted by atomic mass is 9.83. The number of rotatable bonds is 5. The van der Waals surface area contributed by atoms with Crippen LogP contribution in [0.1, 0.15) is 43.2 Å². The first-order valence-corrected chi connectivity index (χ1v) is 8.32. The van der Waals surface area contributed by atoms with Crippen LogP contribution in [0.4, 0.5) is 13.2 Å².